The van der Waals surface area contributed by atoms with Crippen molar-refractivity contribution in [2.75, 3.05) is 24.5 Å². The van der Waals surface area contributed by atoms with E-state index in [1.54, 1.807) is 6.20 Å². The Hall–Kier alpha value is -1.58. The highest BCUT2D eigenvalue weighted by Gasteiger charge is 2.21. The molecule has 1 saturated heterocycles. The van der Waals surface area contributed by atoms with Crippen molar-refractivity contribution < 1.29 is 4.79 Å². The van der Waals surface area contributed by atoms with E-state index in [-0.39, 0.29) is 11.3 Å². The second-order valence-corrected chi connectivity index (χ2v) is 7.18. The molecule has 4 nitrogen and oxygen atoms in total. The van der Waals surface area contributed by atoms with Crippen molar-refractivity contribution >= 4 is 11.6 Å². The number of rotatable bonds is 4. The van der Waals surface area contributed by atoms with E-state index < -0.39 is 0 Å². The zero-order valence-corrected chi connectivity index (χ0v) is 13.4. The van der Waals surface area contributed by atoms with Crippen molar-refractivity contribution in [2.45, 2.75) is 40.0 Å². The first-order valence-electron chi connectivity index (χ1n) is 7.86. The molecule has 1 fully saturated rings. The highest BCUT2D eigenvalue weighted by Crippen LogP contribution is 2.22. The maximum atomic E-state index is 11.9. The number of nitrogens with one attached hydrogen (secondary N) is 1. The summed E-state index contributed by atoms with van der Waals surface area (Å²) in [6.07, 6.45) is 6.59. The molecule has 1 aromatic heterocycles. The third-order valence-electron chi connectivity index (χ3n) is 3.90. The monoisotopic (exact) mass is 289 g/mol. The molecule has 0 aliphatic carbocycles. The van der Waals surface area contributed by atoms with Gasteiger partial charge in [-0.2, -0.15) is 0 Å². The molecule has 0 atom stereocenters. The standard InChI is InChI=1S/C17H27N3O/c1-17(2,3)11-16(21)19-12-14-6-9-20(10-7-14)15-5-4-8-18-13-15/h4-5,8,13-14H,6-7,9-12H2,1-3H3,(H,19,21). The van der Waals surface area contributed by atoms with E-state index >= 15 is 0 Å². The van der Waals surface area contributed by atoms with Crippen LogP contribution in [-0.2, 0) is 4.79 Å². The van der Waals surface area contributed by atoms with Crippen LogP contribution in [0.1, 0.15) is 40.0 Å². The largest absolute Gasteiger partial charge is 0.370 e. The molecule has 0 unspecified atom stereocenters. The fourth-order valence-corrected chi connectivity index (χ4v) is 2.74. The highest BCUT2D eigenvalue weighted by molar-refractivity contribution is 5.76. The smallest absolute Gasteiger partial charge is 0.220 e. The average Bonchev–Trinajstić information content (AvgIpc) is 2.45. The molecule has 1 aromatic rings. The molecule has 2 heterocycles. The van der Waals surface area contributed by atoms with Gasteiger partial charge in [0.05, 0.1) is 11.9 Å². The van der Waals surface area contributed by atoms with E-state index in [2.05, 4.69) is 42.0 Å². The van der Waals surface area contributed by atoms with Gasteiger partial charge in [-0.05, 0) is 36.3 Å². The van der Waals surface area contributed by atoms with Gasteiger partial charge in [0.1, 0.15) is 0 Å². The molecule has 0 spiro atoms. The molecule has 21 heavy (non-hydrogen) atoms. The van der Waals surface area contributed by atoms with Gasteiger partial charge >= 0.3 is 0 Å². The van der Waals surface area contributed by atoms with Crippen LogP contribution in [0.3, 0.4) is 0 Å². The van der Waals surface area contributed by atoms with Crippen molar-refractivity contribution in [1.82, 2.24) is 10.3 Å². The van der Waals surface area contributed by atoms with E-state index in [1.165, 1.54) is 5.69 Å². The number of carbonyl (C=O) groups is 1. The number of pyridine rings is 1. The predicted molar refractivity (Wildman–Crippen MR) is 86.3 cm³/mol. The lowest BCUT2D eigenvalue weighted by Crippen LogP contribution is -2.39. The number of nitrogens with zero attached hydrogens (tertiary/aromatic N) is 2. The van der Waals surface area contributed by atoms with E-state index in [4.69, 9.17) is 0 Å². The highest BCUT2D eigenvalue weighted by atomic mass is 16.1. The van der Waals surface area contributed by atoms with Gasteiger partial charge in [0, 0.05) is 32.3 Å². The molecule has 2 rings (SSSR count). The molecule has 0 saturated carbocycles. The van der Waals surface area contributed by atoms with Gasteiger partial charge in [-0.1, -0.05) is 20.8 Å². The van der Waals surface area contributed by atoms with Crippen molar-refractivity contribution in [3.8, 4) is 0 Å². The molecule has 1 N–H and O–H groups in total. The zero-order chi connectivity index (χ0) is 15.3. The van der Waals surface area contributed by atoms with E-state index in [1.807, 2.05) is 12.3 Å². The summed E-state index contributed by atoms with van der Waals surface area (Å²) in [4.78, 5) is 18.4. The lowest BCUT2D eigenvalue weighted by Gasteiger charge is -2.33. The van der Waals surface area contributed by atoms with Gasteiger partial charge in [-0.3, -0.25) is 9.78 Å². The van der Waals surface area contributed by atoms with E-state index in [9.17, 15) is 4.79 Å². The first-order chi connectivity index (χ1) is 9.94. The SMILES string of the molecule is CC(C)(C)CC(=O)NCC1CCN(c2cccnc2)CC1. The summed E-state index contributed by atoms with van der Waals surface area (Å²) in [6.45, 7) is 9.20. The molecule has 116 valence electrons. The maximum absolute atomic E-state index is 11.9. The van der Waals surface area contributed by atoms with Crippen LogP contribution < -0.4 is 10.2 Å². The summed E-state index contributed by atoms with van der Waals surface area (Å²) in [5, 5.41) is 3.09. The van der Waals surface area contributed by atoms with Gasteiger partial charge in [-0.15, -0.1) is 0 Å². The number of piperidine rings is 1. The van der Waals surface area contributed by atoms with Crippen LogP contribution in [0.15, 0.2) is 24.5 Å². The second kappa shape index (κ2) is 6.92. The Morgan fingerprint density at radius 3 is 2.67 bits per heavy atom. The lowest BCUT2D eigenvalue weighted by atomic mass is 9.91. The molecule has 1 aliphatic heterocycles. The second-order valence-electron chi connectivity index (χ2n) is 7.18. The third kappa shape index (κ3) is 5.37. The number of hydrogen-bond donors (Lipinski definition) is 1. The number of hydrogen-bond acceptors (Lipinski definition) is 3. The van der Waals surface area contributed by atoms with Gasteiger partial charge < -0.3 is 10.2 Å². The van der Waals surface area contributed by atoms with Crippen LogP contribution in [0.2, 0.25) is 0 Å². The first kappa shape index (κ1) is 15.8. The van der Waals surface area contributed by atoms with Crippen LogP contribution in [0.25, 0.3) is 0 Å². The average molecular weight is 289 g/mol. The third-order valence-corrected chi connectivity index (χ3v) is 3.90. The number of carbonyl (C=O) groups excluding carboxylic acids is 1. The van der Waals surface area contributed by atoms with Crippen LogP contribution in [0.5, 0.6) is 0 Å². The number of anilines is 1. The summed E-state index contributed by atoms with van der Waals surface area (Å²) in [5.74, 6) is 0.777. The molecule has 0 radical (unpaired) electrons. The molecular weight excluding hydrogens is 262 g/mol. The van der Waals surface area contributed by atoms with Gasteiger partial charge in [-0.25, -0.2) is 0 Å². The number of amides is 1. The van der Waals surface area contributed by atoms with E-state index in [0.29, 0.717) is 12.3 Å². The van der Waals surface area contributed by atoms with Gasteiger partial charge in [0.25, 0.3) is 0 Å². The summed E-state index contributed by atoms with van der Waals surface area (Å²) in [7, 11) is 0. The normalized spacial score (nSPS) is 16.8. The lowest BCUT2D eigenvalue weighted by molar-refractivity contribution is -0.123. The Balaban J connectivity index is 1.71. The summed E-state index contributed by atoms with van der Waals surface area (Å²) in [6, 6.07) is 4.09. The molecule has 4 heteroatoms. The topological polar surface area (TPSA) is 45.2 Å². The minimum atomic E-state index is 0.0633. The van der Waals surface area contributed by atoms with Crippen LogP contribution in [0.4, 0.5) is 5.69 Å². The van der Waals surface area contributed by atoms with Crippen LogP contribution in [-0.4, -0.2) is 30.5 Å². The Kier molecular flexibility index (Phi) is 5.21. The van der Waals surface area contributed by atoms with Crippen molar-refractivity contribution in [3.05, 3.63) is 24.5 Å². The quantitative estimate of drug-likeness (QED) is 0.927. The summed E-state index contributed by atoms with van der Waals surface area (Å²) < 4.78 is 0. The molecule has 1 amide bonds. The maximum Gasteiger partial charge on any atom is 0.220 e. The van der Waals surface area contributed by atoms with Crippen molar-refractivity contribution in [2.24, 2.45) is 11.3 Å². The fraction of sp³-hybridized carbons (Fsp3) is 0.647. The Bertz CT molecular complexity index is 445. The van der Waals surface area contributed by atoms with Gasteiger partial charge in [0.15, 0.2) is 0 Å². The zero-order valence-electron chi connectivity index (χ0n) is 13.4. The summed E-state index contributed by atoms with van der Waals surface area (Å²) >= 11 is 0. The van der Waals surface area contributed by atoms with Crippen molar-refractivity contribution in [3.63, 3.8) is 0 Å². The molecular formula is C17H27N3O. The Morgan fingerprint density at radius 2 is 2.10 bits per heavy atom. The Morgan fingerprint density at radius 1 is 1.38 bits per heavy atom. The Labute approximate surface area is 127 Å². The first-order valence-corrected chi connectivity index (χ1v) is 7.86. The summed E-state index contributed by atoms with van der Waals surface area (Å²) in [5.41, 5.74) is 1.26. The predicted octanol–water partition coefficient (Wildman–Crippen LogP) is 2.85. The molecule has 0 aromatic carbocycles. The minimum absolute atomic E-state index is 0.0633. The fourth-order valence-electron chi connectivity index (χ4n) is 2.74. The minimum Gasteiger partial charge on any atom is -0.370 e. The van der Waals surface area contributed by atoms with Crippen LogP contribution in [0, 0.1) is 11.3 Å². The molecule has 1 aliphatic rings. The van der Waals surface area contributed by atoms with Gasteiger partial charge in [0.2, 0.25) is 5.91 Å². The molecule has 0 bridgehead atoms. The van der Waals surface area contributed by atoms with Crippen molar-refractivity contribution in [1.29, 1.82) is 0 Å². The van der Waals surface area contributed by atoms with Crippen LogP contribution >= 0.6 is 0 Å². The van der Waals surface area contributed by atoms with E-state index in [0.717, 1.165) is 32.5 Å². The number of aromatic nitrogens is 1.